The Morgan fingerprint density at radius 1 is 1.28 bits per heavy atom. The maximum absolute atomic E-state index is 12.7. The molecule has 2 aromatic rings. The van der Waals surface area contributed by atoms with E-state index in [1.54, 1.807) is 12.3 Å². The summed E-state index contributed by atoms with van der Waals surface area (Å²) in [5, 5.41) is 3.09. The molecule has 3 rings (SSSR count). The topological polar surface area (TPSA) is 54.5 Å². The summed E-state index contributed by atoms with van der Waals surface area (Å²) >= 11 is 3.44. The highest BCUT2D eigenvalue weighted by atomic mass is 79.9. The minimum Gasteiger partial charge on any atom is -0.378 e. The van der Waals surface area contributed by atoms with E-state index in [2.05, 4.69) is 43.3 Å². The lowest BCUT2D eigenvalue weighted by Crippen LogP contribution is -2.40. The van der Waals surface area contributed by atoms with Gasteiger partial charge in [0.1, 0.15) is 5.82 Å². The van der Waals surface area contributed by atoms with Crippen molar-refractivity contribution in [3.8, 4) is 0 Å². The van der Waals surface area contributed by atoms with Crippen LogP contribution in [0.5, 0.6) is 0 Å². The molecule has 1 aromatic heterocycles. The van der Waals surface area contributed by atoms with Crippen molar-refractivity contribution in [2.24, 2.45) is 0 Å². The van der Waals surface area contributed by atoms with Crippen molar-refractivity contribution in [1.29, 1.82) is 0 Å². The zero-order chi connectivity index (χ0) is 17.6. The van der Waals surface area contributed by atoms with E-state index in [0.29, 0.717) is 18.8 Å². The number of benzene rings is 1. The summed E-state index contributed by atoms with van der Waals surface area (Å²) in [7, 11) is 0. The largest absolute Gasteiger partial charge is 0.378 e. The minimum atomic E-state index is -0.0841. The fraction of sp³-hybridized carbons (Fsp3) is 0.368. The number of hydrogen-bond donors (Lipinski definition) is 1. The number of amides is 1. The lowest BCUT2D eigenvalue weighted by atomic mass is 10.1. The van der Waals surface area contributed by atoms with Gasteiger partial charge in [-0.05, 0) is 43.2 Å². The van der Waals surface area contributed by atoms with Gasteiger partial charge in [0.2, 0.25) is 0 Å². The minimum absolute atomic E-state index is 0.0337. The maximum atomic E-state index is 12.7. The number of hydrogen-bond acceptors (Lipinski definition) is 4. The molecule has 1 amide bonds. The molecule has 1 aliphatic rings. The molecule has 0 spiro atoms. The van der Waals surface area contributed by atoms with Crippen molar-refractivity contribution in [1.82, 2.24) is 10.3 Å². The second-order valence-corrected chi connectivity index (χ2v) is 7.09. The quantitative estimate of drug-likeness (QED) is 0.833. The van der Waals surface area contributed by atoms with E-state index in [9.17, 15) is 4.79 Å². The molecule has 1 aromatic carbocycles. The number of pyridine rings is 1. The summed E-state index contributed by atoms with van der Waals surface area (Å²) in [4.78, 5) is 19.3. The van der Waals surface area contributed by atoms with Crippen LogP contribution in [0.2, 0.25) is 0 Å². The third kappa shape index (κ3) is 4.80. The lowest BCUT2D eigenvalue weighted by molar-refractivity contribution is 0.0938. The maximum Gasteiger partial charge on any atom is 0.255 e. The molecule has 1 aliphatic heterocycles. The van der Waals surface area contributed by atoms with Crippen molar-refractivity contribution in [3.63, 3.8) is 0 Å². The molecule has 1 fully saturated rings. The number of nitrogens with zero attached hydrogens (tertiary/aromatic N) is 2. The van der Waals surface area contributed by atoms with E-state index in [1.165, 1.54) is 5.56 Å². The van der Waals surface area contributed by atoms with Gasteiger partial charge in [-0.2, -0.15) is 0 Å². The lowest BCUT2D eigenvalue weighted by Gasteiger charge is -2.29. The fourth-order valence-corrected chi connectivity index (χ4v) is 3.19. The molecule has 0 bridgehead atoms. The van der Waals surface area contributed by atoms with Gasteiger partial charge in [0.25, 0.3) is 5.91 Å². The van der Waals surface area contributed by atoms with Gasteiger partial charge >= 0.3 is 0 Å². The molecule has 1 atom stereocenters. The average molecular weight is 404 g/mol. The monoisotopic (exact) mass is 403 g/mol. The number of halogens is 1. The van der Waals surface area contributed by atoms with Gasteiger partial charge in [0, 0.05) is 29.8 Å². The number of nitrogens with one attached hydrogen (secondary N) is 1. The van der Waals surface area contributed by atoms with Crippen LogP contribution >= 0.6 is 15.9 Å². The Kier molecular flexibility index (Phi) is 6.04. The number of ether oxygens (including phenoxy) is 1. The van der Waals surface area contributed by atoms with Gasteiger partial charge < -0.3 is 15.0 Å². The van der Waals surface area contributed by atoms with E-state index >= 15 is 0 Å². The molecule has 0 saturated carbocycles. The molecule has 6 heteroatoms. The highest BCUT2D eigenvalue weighted by Crippen LogP contribution is 2.19. The van der Waals surface area contributed by atoms with Crippen LogP contribution in [-0.4, -0.2) is 43.2 Å². The number of morpholine rings is 1. The Morgan fingerprint density at radius 3 is 2.72 bits per heavy atom. The highest BCUT2D eigenvalue weighted by Gasteiger charge is 2.20. The van der Waals surface area contributed by atoms with Crippen LogP contribution < -0.4 is 10.2 Å². The summed E-state index contributed by atoms with van der Waals surface area (Å²) in [5.41, 5.74) is 1.81. The molecular formula is C19H22BrN3O2. The zero-order valence-electron chi connectivity index (χ0n) is 14.2. The molecule has 2 heterocycles. The SMILES string of the molecule is CC(Cc1ccc(Br)cc1)NC(=O)c1cccnc1N1CCOCC1. The highest BCUT2D eigenvalue weighted by molar-refractivity contribution is 9.10. The number of carbonyl (C=O) groups excluding carboxylic acids is 1. The van der Waals surface area contributed by atoms with E-state index in [0.717, 1.165) is 29.8 Å². The number of carbonyl (C=O) groups is 1. The second kappa shape index (κ2) is 8.45. The molecule has 1 N–H and O–H groups in total. The van der Waals surface area contributed by atoms with Crippen LogP contribution in [0.1, 0.15) is 22.8 Å². The summed E-state index contributed by atoms with van der Waals surface area (Å²) in [6.45, 7) is 4.86. The van der Waals surface area contributed by atoms with Crippen LogP contribution in [0, 0.1) is 0 Å². The first kappa shape index (κ1) is 17.9. The smallest absolute Gasteiger partial charge is 0.255 e. The van der Waals surface area contributed by atoms with E-state index in [4.69, 9.17) is 4.74 Å². The van der Waals surface area contributed by atoms with Crippen LogP contribution in [0.4, 0.5) is 5.82 Å². The van der Waals surface area contributed by atoms with E-state index in [1.807, 2.05) is 25.1 Å². The zero-order valence-corrected chi connectivity index (χ0v) is 15.8. The molecule has 0 aliphatic carbocycles. The van der Waals surface area contributed by atoms with Crippen LogP contribution in [0.25, 0.3) is 0 Å². The van der Waals surface area contributed by atoms with Crippen molar-refractivity contribution < 1.29 is 9.53 Å². The van der Waals surface area contributed by atoms with Gasteiger partial charge in [-0.1, -0.05) is 28.1 Å². The molecule has 5 nitrogen and oxygen atoms in total. The predicted octanol–water partition coefficient (Wildman–Crippen LogP) is 3.04. The summed E-state index contributed by atoms with van der Waals surface area (Å²) in [5.74, 6) is 0.651. The Labute approximate surface area is 156 Å². The Bertz CT molecular complexity index is 715. The van der Waals surface area contributed by atoms with Crippen molar-refractivity contribution in [2.75, 3.05) is 31.2 Å². The first-order chi connectivity index (χ1) is 12.1. The van der Waals surface area contributed by atoms with Crippen LogP contribution in [0.15, 0.2) is 47.1 Å². The number of aromatic nitrogens is 1. The van der Waals surface area contributed by atoms with Crippen molar-refractivity contribution >= 4 is 27.7 Å². The Hall–Kier alpha value is -1.92. The van der Waals surface area contributed by atoms with Crippen molar-refractivity contribution in [2.45, 2.75) is 19.4 Å². The Balaban J connectivity index is 1.67. The molecule has 132 valence electrons. The number of anilines is 1. The van der Waals surface area contributed by atoms with Crippen molar-refractivity contribution in [3.05, 3.63) is 58.2 Å². The second-order valence-electron chi connectivity index (χ2n) is 6.18. The van der Waals surface area contributed by atoms with Gasteiger partial charge in [0.05, 0.1) is 18.8 Å². The average Bonchev–Trinajstić information content (AvgIpc) is 2.64. The third-order valence-electron chi connectivity index (χ3n) is 4.17. The van der Waals surface area contributed by atoms with Crippen LogP contribution in [-0.2, 0) is 11.2 Å². The predicted molar refractivity (Wildman–Crippen MR) is 102 cm³/mol. The molecule has 25 heavy (non-hydrogen) atoms. The third-order valence-corrected chi connectivity index (χ3v) is 4.70. The van der Waals surface area contributed by atoms with Crippen LogP contribution in [0.3, 0.4) is 0 Å². The molecule has 0 radical (unpaired) electrons. The first-order valence-electron chi connectivity index (χ1n) is 8.46. The normalized spacial score (nSPS) is 15.7. The standard InChI is InChI=1S/C19H22BrN3O2/c1-14(13-15-4-6-16(20)7-5-15)22-19(24)17-3-2-8-21-18(17)23-9-11-25-12-10-23/h2-8,14H,9-13H2,1H3,(H,22,24). The van der Waals surface area contributed by atoms with Gasteiger partial charge in [-0.25, -0.2) is 4.98 Å². The van der Waals surface area contributed by atoms with Gasteiger partial charge in [-0.15, -0.1) is 0 Å². The summed E-state index contributed by atoms with van der Waals surface area (Å²) < 4.78 is 6.44. The first-order valence-corrected chi connectivity index (χ1v) is 9.26. The molecular weight excluding hydrogens is 382 g/mol. The van der Waals surface area contributed by atoms with E-state index < -0.39 is 0 Å². The molecule has 1 unspecified atom stereocenters. The number of rotatable bonds is 5. The van der Waals surface area contributed by atoms with E-state index in [-0.39, 0.29) is 11.9 Å². The summed E-state index contributed by atoms with van der Waals surface area (Å²) in [6.07, 6.45) is 2.51. The Morgan fingerprint density at radius 2 is 2.00 bits per heavy atom. The fourth-order valence-electron chi connectivity index (χ4n) is 2.93. The molecule has 1 saturated heterocycles. The van der Waals surface area contributed by atoms with Gasteiger partial charge in [0.15, 0.2) is 0 Å². The summed E-state index contributed by atoms with van der Waals surface area (Å²) in [6, 6.07) is 11.8. The van der Waals surface area contributed by atoms with Gasteiger partial charge in [-0.3, -0.25) is 4.79 Å².